The second-order valence-electron chi connectivity index (χ2n) is 8.11. The van der Waals surface area contributed by atoms with Crippen LogP contribution in [0, 0.1) is 11.6 Å². The van der Waals surface area contributed by atoms with Crippen LogP contribution in [0.15, 0.2) is 36.4 Å². The van der Waals surface area contributed by atoms with Gasteiger partial charge in [0, 0.05) is 38.4 Å². The standard InChI is InChI=1S/C24H26F2N2O5/c1-31-20-6-5-15(11-21(20)33-17-7-10-32-14-17)16-12-22(29)28(13-16)9-8-27-24(30)18-3-2-4-19(25)23(18)26/h2-6,11,16-17H,7-10,12-14H2,1H3,(H,27,30)/t16-,17-/m1/s1. The van der Waals surface area contributed by atoms with Gasteiger partial charge in [-0.15, -0.1) is 0 Å². The topological polar surface area (TPSA) is 77.1 Å². The summed E-state index contributed by atoms with van der Waals surface area (Å²) < 4.78 is 43.9. The lowest BCUT2D eigenvalue weighted by molar-refractivity contribution is -0.127. The van der Waals surface area contributed by atoms with Crippen LogP contribution >= 0.6 is 0 Å². The van der Waals surface area contributed by atoms with Crippen molar-refractivity contribution in [3.05, 3.63) is 59.2 Å². The molecule has 176 valence electrons. The number of hydrogen-bond acceptors (Lipinski definition) is 5. The number of hydrogen-bond donors (Lipinski definition) is 1. The number of carbonyl (C=O) groups excluding carboxylic acids is 2. The summed E-state index contributed by atoms with van der Waals surface area (Å²) in [4.78, 5) is 26.3. The maximum Gasteiger partial charge on any atom is 0.254 e. The molecule has 1 N–H and O–H groups in total. The lowest BCUT2D eigenvalue weighted by atomic mass is 9.98. The van der Waals surface area contributed by atoms with Crippen LogP contribution < -0.4 is 14.8 Å². The van der Waals surface area contributed by atoms with Crippen LogP contribution in [0.2, 0.25) is 0 Å². The van der Waals surface area contributed by atoms with Gasteiger partial charge in [-0.3, -0.25) is 9.59 Å². The predicted octanol–water partition coefficient (Wildman–Crippen LogP) is 2.89. The van der Waals surface area contributed by atoms with Gasteiger partial charge in [0.1, 0.15) is 6.10 Å². The average molecular weight is 460 g/mol. The van der Waals surface area contributed by atoms with Crippen LogP contribution in [0.1, 0.15) is 34.7 Å². The lowest BCUT2D eigenvalue weighted by Gasteiger charge is -2.19. The van der Waals surface area contributed by atoms with E-state index in [2.05, 4.69) is 5.32 Å². The SMILES string of the molecule is COc1ccc([C@@H]2CC(=O)N(CCNC(=O)c3cccc(F)c3F)C2)cc1O[C@@H]1CCOC1. The van der Waals surface area contributed by atoms with Crippen molar-refractivity contribution in [1.29, 1.82) is 0 Å². The normalized spacial score (nSPS) is 20.2. The quantitative estimate of drug-likeness (QED) is 0.656. The summed E-state index contributed by atoms with van der Waals surface area (Å²) in [5, 5.41) is 2.55. The molecule has 33 heavy (non-hydrogen) atoms. The number of benzene rings is 2. The Morgan fingerprint density at radius 3 is 2.85 bits per heavy atom. The molecule has 2 aromatic rings. The highest BCUT2D eigenvalue weighted by atomic mass is 19.2. The van der Waals surface area contributed by atoms with Gasteiger partial charge in [-0.1, -0.05) is 12.1 Å². The smallest absolute Gasteiger partial charge is 0.254 e. The highest BCUT2D eigenvalue weighted by Gasteiger charge is 2.31. The summed E-state index contributed by atoms with van der Waals surface area (Å²) in [7, 11) is 1.58. The number of nitrogens with zero attached hydrogens (tertiary/aromatic N) is 1. The van der Waals surface area contributed by atoms with E-state index in [0.717, 1.165) is 18.1 Å². The van der Waals surface area contributed by atoms with Gasteiger partial charge in [-0.25, -0.2) is 8.78 Å². The molecular weight excluding hydrogens is 434 g/mol. The molecule has 0 saturated carbocycles. The Morgan fingerprint density at radius 2 is 2.09 bits per heavy atom. The van der Waals surface area contributed by atoms with Crippen molar-refractivity contribution in [2.24, 2.45) is 0 Å². The molecule has 2 aliphatic heterocycles. The summed E-state index contributed by atoms with van der Waals surface area (Å²) in [6.07, 6.45) is 1.13. The number of likely N-dealkylation sites (tertiary alicyclic amines) is 1. The van der Waals surface area contributed by atoms with E-state index in [9.17, 15) is 18.4 Å². The maximum absolute atomic E-state index is 13.8. The van der Waals surface area contributed by atoms with Crippen molar-refractivity contribution < 1.29 is 32.6 Å². The van der Waals surface area contributed by atoms with Gasteiger partial charge in [-0.05, 0) is 29.8 Å². The zero-order chi connectivity index (χ0) is 23.4. The lowest BCUT2D eigenvalue weighted by Crippen LogP contribution is -2.36. The fourth-order valence-corrected chi connectivity index (χ4v) is 4.12. The number of halogens is 2. The van der Waals surface area contributed by atoms with Crippen LogP contribution in [0.25, 0.3) is 0 Å². The van der Waals surface area contributed by atoms with Gasteiger partial charge in [0.2, 0.25) is 5.91 Å². The van der Waals surface area contributed by atoms with Crippen molar-refractivity contribution in [2.75, 3.05) is 40.0 Å². The fourth-order valence-electron chi connectivity index (χ4n) is 4.12. The molecule has 0 aliphatic carbocycles. The van der Waals surface area contributed by atoms with Gasteiger partial charge in [0.05, 0.1) is 25.9 Å². The zero-order valence-electron chi connectivity index (χ0n) is 18.3. The van der Waals surface area contributed by atoms with Crippen molar-refractivity contribution in [3.8, 4) is 11.5 Å². The van der Waals surface area contributed by atoms with Gasteiger partial charge < -0.3 is 24.4 Å². The first-order chi connectivity index (χ1) is 16.0. The Labute approximate surface area is 190 Å². The Morgan fingerprint density at radius 1 is 1.24 bits per heavy atom. The van der Waals surface area contributed by atoms with Crippen LogP contribution in [0.5, 0.6) is 11.5 Å². The summed E-state index contributed by atoms with van der Waals surface area (Å²) in [6.45, 7) is 2.10. The molecule has 2 aliphatic rings. The van der Waals surface area contributed by atoms with Gasteiger partial charge in [-0.2, -0.15) is 0 Å². The Bertz CT molecular complexity index is 1030. The second-order valence-corrected chi connectivity index (χ2v) is 8.11. The van der Waals surface area contributed by atoms with Crippen molar-refractivity contribution in [3.63, 3.8) is 0 Å². The molecule has 7 nitrogen and oxygen atoms in total. The molecule has 0 aromatic heterocycles. The Balaban J connectivity index is 1.35. The molecular formula is C24H26F2N2O5. The molecule has 2 saturated heterocycles. The first-order valence-corrected chi connectivity index (χ1v) is 10.9. The molecule has 0 unspecified atom stereocenters. The van der Waals surface area contributed by atoms with E-state index in [4.69, 9.17) is 14.2 Å². The number of nitrogens with one attached hydrogen (secondary N) is 1. The fraction of sp³-hybridized carbons (Fsp3) is 0.417. The van der Waals surface area contributed by atoms with Crippen LogP contribution in [0.3, 0.4) is 0 Å². The minimum Gasteiger partial charge on any atom is -0.493 e. The second kappa shape index (κ2) is 10.2. The first-order valence-electron chi connectivity index (χ1n) is 10.9. The molecule has 2 atom stereocenters. The minimum atomic E-state index is -1.19. The first kappa shape index (κ1) is 23.0. The molecule has 0 bridgehead atoms. The number of ether oxygens (including phenoxy) is 3. The number of methoxy groups -OCH3 is 1. The summed E-state index contributed by atoms with van der Waals surface area (Å²) in [5.41, 5.74) is 0.602. The minimum absolute atomic E-state index is 0.0256. The van der Waals surface area contributed by atoms with E-state index in [0.29, 0.717) is 37.7 Å². The van der Waals surface area contributed by atoms with E-state index in [-0.39, 0.29) is 36.6 Å². The average Bonchev–Trinajstić information content (AvgIpc) is 3.45. The van der Waals surface area contributed by atoms with E-state index < -0.39 is 17.5 Å². The summed E-state index contributed by atoms with van der Waals surface area (Å²) >= 11 is 0. The van der Waals surface area contributed by atoms with Gasteiger partial charge >= 0.3 is 0 Å². The van der Waals surface area contributed by atoms with Crippen LogP contribution in [0.4, 0.5) is 8.78 Å². The van der Waals surface area contributed by atoms with Gasteiger partial charge in [0.25, 0.3) is 5.91 Å². The number of amides is 2. The Kier molecular flexibility index (Phi) is 7.08. The number of rotatable bonds is 8. The highest BCUT2D eigenvalue weighted by Crippen LogP contribution is 2.36. The summed E-state index contributed by atoms with van der Waals surface area (Å²) in [5.74, 6) is -1.80. The largest absolute Gasteiger partial charge is 0.493 e. The van der Waals surface area contributed by atoms with Crippen molar-refractivity contribution >= 4 is 11.8 Å². The van der Waals surface area contributed by atoms with Crippen LogP contribution in [-0.2, 0) is 9.53 Å². The van der Waals surface area contributed by atoms with E-state index in [1.54, 1.807) is 12.0 Å². The highest BCUT2D eigenvalue weighted by molar-refractivity contribution is 5.94. The summed E-state index contributed by atoms with van der Waals surface area (Å²) in [6, 6.07) is 9.11. The third-order valence-corrected chi connectivity index (χ3v) is 5.92. The molecule has 2 amide bonds. The van der Waals surface area contributed by atoms with E-state index in [1.165, 1.54) is 12.1 Å². The van der Waals surface area contributed by atoms with Gasteiger partial charge in [0.15, 0.2) is 23.1 Å². The molecule has 2 fully saturated rings. The molecule has 0 spiro atoms. The number of carbonyl (C=O) groups is 2. The molecule has 0 radical (unpaired) electrons. The third-order valence-electron chi connectivity index (χ3n) is 5.92. The van der Waals surface area contributed by atoms with Crippen LogP contribution in [-0.4, -0.2) is 62.8 Å². The van der Waals surface area contributed by atoms with E-state index in [1.807, 2.05) is 18.2 Å². The molecule has 9 heteroatoms. The van der Waals surface area contributed by atoms with Crippen molar-refractivity contribution in [1.82, 2.24) is 10.2 Å². The predicted molar refractivity (Wildman–Crippen MR) is 115 cm³/mol. The van der Waals surface area contributed by atoms with E-state index >= 15 is 0 Å². The van der Waals surface area contributed by atoms with Crippen molar-refractivity contribution in [2.45, 2.75) is 24.9 Å². The third kappa shape index (κ3) is 5.24. The maximum atomic E-state index is 13.8. The molecule has 4 rings (SSSR count). The zero-order valence-corrected chi connectivity index (χ0v) is 18.3. The Hall–Kier alpha value is -3.20. The monoisotopic (exact) mass is 460 g/mol. The molecule has 2 heterocycles. The molecule has 2 aromatic carbocycles.